The summed E-state index contributed by atoms with van der Waals surface area (Å²) >= 11 is 0. The van der Waals surface area contributed by atoms with Crippen LogP contribution in [0.4, 0.5) is 14.9 Å². The predicted octanol–water partition coefficient (Wildman–Crippen LogP) is 3.67. The summed E-state index contributed by atoms with van der Waals surface area (Å²) in [7, 11) is 0. The maximum Gasteiger partial charge on any atom is 0.319 e. The molecule has 9 heteroatoms. The molecule has 3 unspecified atom stereocenters. The van der Waals surface area contributed by atoms with E-state index in [4.69, 9.17) is 14.0 Å². The molecule has 1 saturated heterocycles. The molecule has 1 aliphatic rings. The Morgan fingerprint density at radius 2 is 2.00 bits per heavy atom. The molecule has 2 amide bonds. The number of carbonyl (C=O) groups is 1. The molecule has 4 rings (SSSR count). The number of aromatic nitrogens is 1. The molecule has 1 aromatic heterocycles. The van der Waals surface area contributed by atoms with E-state index in [1.54, 1.807) is 6.07 Å². The van der Waals surface area contributed by atoms with Gasteiger partial charge >= 0.3 is 6.03 Å². The van der Waals surface area contributed by atoms with Gasteiger partial charge in [0.15, 0.2) is 5.76 Å². The first kappa shape index (κ1) is 22.8. The Balaban J connectivity index is 1.23. The third kappa shape index (κ3) is 6.77. The zero-order valence-corrected chi connectivity index (χ0v) is 17.9. The number of aliphatic hydroxyl groups is 1. The molecule has 3 atom stereocenters. The average Bonchev–Trinajstić information content (AvgIpc) is 3.26. The SMILES string of the molecule is O=C(NCC1OC(Cc2cc(COc3ccccc3)on2)CCC1O)Nc1cccc(F)c1. The number of nitrogens with one attached hydrogen (secondary N) is 2. The van der Waals surface area contributed by atoms with Crippen LogP contribution in [0.15, 0.2) is 65.2 Å². The molecule has 1 aliphatic heterocycles. The average molecular weight is 455 g/mol. The Bertz CT molecular complexity index is 1050. The van der Waals surface area contributed by atoms with Gasteiger partial charge in [0.05, 0.1) is 17.9 Å². The zero-order valence-electron chi connectivity index (χ0n) is 17.9. The van der Waals surface area contributed by atoms with E-state index in [1.807, 2.05) is 36.4 Å². The van der Waals surface area contributed by atoms with Crippen LogP contribution in [0.3, 0.4) is 0 Å². The number of hydrogen-bond acceptors (Lipinski definition) is 6. The van der Waals surface area contributed by atoms with E-state index >= 15 is 0 Å². The number of nitrogens with zero attached hydrogens (tertiary/aromatic N) is 1. The predicted molar refractivity (Wildman–Crippen MR) is 118 cm³/mol. The normalized spacial score (nSPS) is 20.2. The smallest absolute Gasteiger partial charge is 0.319 e. The monoisotopic (exact) mass is 455 g/mol. The number of para-hydroxylation sites is 1. The number of halogens is 1. The maximum absolute atomic E-state index is 13.2. The summed E-state index contributed by atoms with van der Waals surface area (Å²) < 4.78 is 30.3. The van der Waals surface area contributed by atoms with Crippen molar-refractivity contribution in [1.82, 2.24) is 10.5 Å². The van der Waals surface area contributed by atoms with Crippen LogP contribution in [0, 0.1) is 5.82 Å². The van der Waals surface area contributed by atoms with E-state index in [0.717, 1.165) is 11.4 Å². The number of ether oxygens (including phenoxy) is 2. The highest BCUT2D eigenvalue weighted by Crippen LogP contribution is 2.23. The quantitative estimate of drug-likeness (QED) is 0.479. The fourth-order valence-corrected chi connectivity index (χ4v) is 3.64. The Labute approximate surface area is 190 Å². The first-order valence-corrected chi connectivity index (χ1v) is 10.8. The van der Waals surface area contributed by atoms with Crippen LogP contribution in [-0.2, 0) is 17.8 Å². The lowest BCUT2D eigenvalue weighted by Gasteiger charge is -2.33. The van der Waals surface area contributed by atoms with Gasteiger partial charge in [-0.1, -0.05) is 29.4 Å². The van der Waals surface area contributed by atoms with Crippen LogP contribution in [0.5, 0.6) is 5.75 Å². The van der Waals surface area contributed by atoms with E-state index in [2.05, 4.69) is 15.8 Å². The Morgan fingerprint density at radius 3 is 2.82 bits per heavy atom. The van der Waals surface area contributed by atoms with Crippen LogP contribution in [0.25, 0.3) is 0 Å². The molecule has 1 fully saturated rings. The van der Waals surface area contributed by atoms with E-state index in [1.165, 1.54) is 18.2 Å². The third-order valence-electron chi connectivity index (χ3n) is 5.30. The Morgan fingerprint density at radius 1 is 1.15 bits per heavy atom. The first-order chi connectivity index (χ1) is 16.0. The highest BCUT2D eigenvalue weighted by atomic mass is 19.1. The highest BCUT2D eigenvalue weighted by Gasteiger charge is 2.30. The molecule has 2 aromatic carbocycles. The topological polar surface area (TPSA) is 106 Å². The molecule has 0 spiro atoms. The van der Waals surface area contributed by atoms with Crippen LogP contribution >= 0.6 is 0 Å². The first-order valence-electron chi connectivity index (χ1n) is 10.8. The number of benzene rings is 2. The largest absolute Gasteiger partial charge is 0.486 e. The molecule has 0 aliphatic carbocycles. The number of urea groups is 1. The second kappa shape index (κ2) is 10.9. The molecule has 3 aromatic rings. The van der Waals surface area contributed by atoms with E-state index in [-0.39, 0.29) is 19.3 Å². The van der Waals surface area contributed by atoms with Crippen LogP contribution in [0.1, 0.15) is 24.3 Å². The second-order valence-corrected chi connectivity index (χ2v) is 7.88. The Kier molecular flexibility index (Phi) is 7.54. The third-order valence-corrected chi connectivity index (χ3v) is 5.30. The molecule has 0 radical (unpaired) electrons. The standard InChI is InChI=1S/C24H26FN3O5/c25-16-5-4-6-17(11-16)27-24(30)26-14-23-22(29)10-9-20(32-23)12-18-13-21(33-28-18)15-31-19-7-2-1-3-8-19/h1-8,11,13,20,22-23,29H,9-10,12,14-15H2,(H2,26,27,30). The number of rotatable bonds is 8. The van der Waals surface area contributed by atoms with Crippen LogP contribution in [-0.4, -0.2) is 41.2 Å². The summed E-state index contributed by atoms with van der Waals surface area (Å²) in [5.41, 5.74) is 1.08. The van der Waals surface area contributed by atoms with Gasteiger partial charge in [0, 0.05) is 24.7 Å². The lowest BCUT2D eigenvalue weighted by Crippen LogP contribution is -2.47. The Hall–Kier alpha value is -3.43. The molecular formula is C24H26FN3O5. The number of aliphatic hydroxyl groups excluding tert-OH is 1. The molecule has 0 saturated carbocycles. The van der Waals surface area contributed by atoms with Crippen LogP contribution < -0.4 is 15.4 Å². The lowest BCUT2D eigenvalue weighted by molar-refractivity contribution is -0.113. The van der Waals surface area contributed by atoms with Gasteiger partial charge in [-0.2, -0.15) is 0 Å². The van der Waals surface area contributed by atoms with Gasteiger partial charge in [-0.15, -0.1) is 0 Å². The molecule has 33 heavy (non-hydrogen) atoms. The van der Waals surface area contributed by atoms with Crippen molar-refractivity contribution in [2.75, 3.05) is 11.9 Å². The van der Waals surface area contributed by atoms with Crippen molar-refractivity contribution in [3.05, 3.63) is 77.9 Å². The van der Waals surface area contributed by atoms with E-state index in [0.29, 0.717) is 30.7 Å². The van der Waals surface area contributed by atoms with Gasteiger partial charge in [0.1, 0.15) is 24.3 Å². The molecule has 174 valence electrons. The highest BCUT2D eigenvalue weighted by molar-refractivity contribution is 5.89. The second-order valence-electron chi connectivity index (χ2n) is 7.88. The minimum atomic E-state index is -0.692. The van der Waals surface area contributed by atoms with Gasteiger partial charge < -0.3 is 29.7 Å². The van der Waals surface area contributed by atoms with Gasteiger partial charge in [0.2, 0.25) is 0 Å². The van der Waals surface area contributed by atoms with E-state index < -0.39 is 24.1 Å². The minimum absolute atomic E-state index is 0.119. The van der Waals surface area contributed by atoms with Crippen molar-refractivity contribution in [2.24, 2.45) is 0 Å². The van der Waals surface area contributed by atoms with Gasteiger partial charge in [0.25, 0.3) is 0 Å². The summed E-state index contributed by atoms with van der Waals surface area (Å²) in [6, 6.07) is 16.4. The lowest BCUT2D eigenvalue weighted by atomic mass is 9.98. The van der Waals surface area contributed by atoms with Gasteiger partial charge in [-0.05, 0) is 43.2 Å². The van der Waals surface area contributed by atoms with Crippen LogP contribution in [0.2, 0.25) is 0 Å². The number of hydrogen-bond donors (Lipinski definition) is 3. The maximum atomic E-state index is 13.2. The molecule has 2 heterocycles. The summed E-state index contributed by atoms with van der Waals surface area (Å²) in [5.74, 6) is 0.915. The van der Waals surface area contributed by atoms with Gasteiger partial charge in [-0.25, -0.2) is 9.18 Å². The summed E-state index contributed by atoms with van der Waals surface area (Å²) in [6.07, 6.45) is 0.311. The zero-order chi connectivity index (χ0) is 23.0. The van der Waals surface area contributed by atoms with E-state index in [9.17, 15) is 14.3 Å². The molecule has 8 nitrogen and oxygen atoms in total. The summed E-state index contributed by atoms with van der Waals surface area (Å²) in [6.45, 7) is 0.391. The van der Waals surface area contributed by atoms with Crippen molar-refractivity contribution in [3.63, 3.8) is 0 Å². The van der Waals surface area contributed by atoms with Gasteiger partial charge in [-0.3, -0.25) is 0 Å². The summed E-state index contributed by atoms with van der Waals surface area (Å²) in [4.78, 5) is 12.1. The fraction of sp³-hybridized carbons (Fsp3) is 0.333. The van der Waals surface area contributed by atoms with Crippen molar-refractivity contribution < 1.29 is 28.3 Å². The molecule has 0 bridgehead atoms. The van der Waals surface area contributed by atoms with Crippen molar-refractivity contribution in [3.8, 4) is 5.75 Å². The minimum Gasteiger partial charge on any atom is -0.486 e. The molecule has 3 N–H and O–H groups in total. The summed E-state index contributed by atoms with van der Waals surface area (Å²) in [5, 5.41) is 19.6. The van der Waals surface area contributed by atoms with Crippen molar-refractivity contribution in [1.29, 1.82) is 0 Å². The number of amides is 2. The fourth-order valence-electron chi connectivity index (χ4n) is 3.64. The van der Waals surface area contributed by atoms with Crippen molar-refractivity contribution in [2.45, 2.75) is 44.2 Å². The number of anilines is 1. The van der Waals surface area contributed by atoms with Crippen molar-refractivity contribution >= 4 is 11.7 Å². The molecular weight excluding hydrogens is 429 g/mol. The number of carbonyl (C=O) groups excluding carboxylic acids is 1.